The van der Waals surface area contributed by atoms with E-state index in [0.29, 0.717) is 30.0 Å². The molecule has 0 saturated heterocycles. The topological polar surface area (TPSA) is 136 Å². The van der Waals surface area contributed by atoms with Gasteiger partial charge in [-0.05, 0) is 18.2 Å². The van der Waals surface area contributed by atoms with Crippen LogP contribution in [0.4, 0.5) is 16.2 Å². The van der Waals surface area contributed by atoms with Crippen molar-refractivity contribution in [3.63, 3.8) is 0 Å². The molecule has 0 aliphatic heterocycles. The van der Waals surface area contributed by atoms with E-state index < -0.39 is 11.9 Å². The Morgan fingerprint density at radius 2 is 1.88 bits per heavy atom. The van der Waals surface area contributed by atoms with Crippen molar-refractivity contribution >= 4 is 23.3 Å². The maximum Gasteiger partial charge on any atom is 0.312 e. The zero-order valence-electron chi connectivity index (χ0n) is 9.19. The molecule has 0 fully saturated rings. The smallest absolute Gasteiger partial charge is 0.312 e. The number of amides is 3. The van der Waals surface area contributed by atoms with Crippen LogP contribution in [-0.2, 0) is 0 Å². The van der Waals surface area contributed by atoms with Gasteiger partial charge in [-0.2, -0.15) is 0 Å². The van der Waals surface area contributed by atoms with Gasteiger partial charge in [-0.15, -0.1) is 0 Å². The van der Waals surface area contributed by atoms with Gasteiger partial charge in [0.05, 0.1) is 11.4 Å². The fourth-order valence-electron chi connectivity index (χ4n) is 1.25. The van der Waals surface area contributed by atoms with Gasteiger partial charge < -0.3 is 27.8 Å². The van der Waals surface area contributed by atoms with Crippen molar-refractivity contribution in [3.8, 4) is 0 Å². The molecule has 17 heavy (non-hydrogen) atoms. The molecule has 0 bridgehead atoms. The zero-order chi connectivity index (χ0) is 12.8. The summed E-state index contributed by atoms with van der Waals surface area (Å²) >= 11 is 0. The third-order valence-electron chi connectivity index (χ3n) is 2.08. The molecule has 0 atom stereocenters. The SMILES string of the molecule is NC(=O)NCCNc1cc(C(N)=O)ccc1N. The fraction of sp³-hybridized carbons (Fsp3) is 0.200. The van der Waals surface area contributed by atoms with E-state index >= 15 is 0 Å². The van der Waals surface area contributed by atoms with Crippen LogP contribution in [0.3, 0.4) is 0 Å². The Morgan fingerprint density at radius 1 is 1.18 bits per heavy atom. The molecule has 1 aromatic carbocycles. The van der Waals surface area contributed by atoms with Crippen LogP contribution in [0.5, 0.6) is 0 Å². The van der Waals surface area contributed by atoms with Gasteiger partial charge in [0.2, 0.25) is 5.91 Å². The molecule has 0 unspecified atom stereocenters. The Kier molecular flexibility index (Phi) is 4.15. The van der Waals surface area contributed by atoms with E-state index in [0.717, 1.165) is 0 Å². The first-order chi connectivity index (χ1) is 8.00. The van der Waals surface area contributed by atoms with Gasteiger partial charge in [-0.1, -0.05) is 0 Å². The summed E-state index contributed by atoms with van der Waals surface area (Å²) in [5.74, 6) is -0.525. The van der Waals surface area contributed by atoms with Gasteiger partial charge in [-0.25, -0.2) is 4.79 Å². The van der Waals surface area contributed by atoms with E-state index in [1.54, 1.807) is 18.2 Å². The van der Waals surface area contributed by atoms with Gasteiger partial charge in [0.1, 0.15) is 0 Å². The largest absolute Gasteiger partial charge is 0.397 e. The van der Waals surface area contributed by atoms with Crippen LogP contribution in [0, 0.1) is 0 Å². The number of nitrogen functional groups attached to an aromatic ring is 1. The van der Waals surface area contributed by atoms with Gasteiger partial charge in [0, 0.05) is 18.7 Å². The number of carbonyl (C=O) groups excluding carboxylic acids is 2. The van der Waals surface area contributed by atoms with Gasteiger partial charge in [0.25, 0.3) is 0 Å². The number of hydrogen-bond acceptors (Lipinski definition) is 4. The zero-order valence-corrected chi connectivity index (χ0v) is 9.19. The summed E-state index contributed by atoms with van der Waals surface area (Å²) in [7, 11) is 0. The summed E-state index contributed by atoms with van der Waals surface area (Å²) in [5.41, 5.74) is 17.2. The Bertz CT molecular complexity index is 433. The first-order valence-electron chi connectivity index (χ1n) is 4.97. The average molecular weight is 237 g/mol. The van der Waals surface area contributed by atoms with Crippen molar-refractivity contribution in [2.45, 2.75) is 0 Å². The van der Waals surface area contributed by atoms with Crippen LogP contribution in [0.1, 0.15) is 10.4 Å². The molecule has 0 radical (unpaired) electrons. The number of carbonyl (C=O) groups is 2. The van der Waals surface area contributed by atoms with Gasteiger partial charge in [0.15, 0.2) is 0 Å². The van der Waals surface area contributed by atoms with E-state index in [1.807, 2.05) is 0 Å². The normalized spacial score (nSPS) is 9.65. The lowest BCUT2D eigenvalue weighted by atomic mass is 10.1. The minimum atomic E-state index is -0.592. The number of urea groups is 1. The van der Waals surface area contributed by atoms with Gasteiger partial charge in [-0.3, -0.25) is 4.79 Å². The van der Waals surface area contributed by atoms with Crippen molar-refractivity contribution in [2.75, 3.05) is 24.1 Å². The van der Waals surface area contributed by atoms with Crippen LogP contribution in [0.15, 0.2) is 18.2 Å². The van der Waals surface area contributed by atoms with Crippen molar-refractivity contribution in [1.29, 1.82) is 0 Å². The van der Waals surface area contributed by atoms with Crippen molar-refractivity contribution in [2.24, 2.45) is 11.5 Å². The first-order valence-corrected chi connectivity index (χ1v) is 4.97. The summed E-state index contributed by atoms with van der Waals surface area (Å²) in [6.07, 6.45) is 0. The molecule has 0 aliphatic rings. The molecule has 0 spiro atoms. The maximum absolute atomic E-state index is 11.0. The third kappa shape index (κ3) is 3.90. The van der Waals surface area contributed by atoms with E-state index in [9.17, 15) is 9.59 Å². The number of rotatable bonds is 5. The molecule has 0 saturated carbocycles. The van der Waals surface area contributed by atoms with Crippen molar-refractivity contribution in [3.05, 3.63) is 23.8 Å². The lowest BCUT2D eigenvalue weighted by Gasteiger charge is -2.10. The Balaban J connectivity index is 2.60. The number of primary amides is 2. The second kappa shape index (κ2) is 5.59. The molecule has 8 N–H and O–H groups in total. The summed E-state index contributed by atoms with van der Waals surface area (Å²) in [5, 5.41) is 5.38. The predicted octanol–water partition coefficient (Wildman–Crippen LogP) is -0.552. The summed E-state index contributed by atoms with van der Waals surface area (Å²) in [6.45, 7) is 0.797. The second-order valence-corrected chi connectivity index (χ2v) is 3.38. The van der Waals surface area contributed by atoms with Crippen molar-refractivity contribution < 1.29 is 9.59 Å². The molecule has 3 amide bonds. The minimum Gasteiger partial charge on any atom is -0.397 e. The number of benzene rings is 1. The van der Waals surface area contributed by atoms with Crippen LogP contribution < -0.4 is 27.8 Å². The Morgan fingerprint density at radius 3 is 2.47 bits per heavy atom. The molecule has 1 aromatic rings. The molecular weight excluding hydrogens is 222 g/mol. The maximum atomic E-state index is 11.0. The molecule has 92 valence electrons. The first kappa shape index (κ1) is 12.6. The van der Waals surface area contributed by atoms with E-state index in [-0.39, 0.29) is 0 Å². The average Bonchev–Trinajstić information content (AvgIpc) is 2.25. The highest BCUT2D eigenvalue weighted by Gasteiger charge is 2.04. The van der Waals surface area contributed by atoms with E-state index in [4.69, 9.17) is 17.2 Å². The molecule has 0 aromatic heterocycles. The quantitative estimate of drug-likeness (QED) is 0.346. The van der Waals surface area contributed by atoms with E-state index in [2.05, 4.69) is 10.6 Å². The molecule has 0 heterocycles. The monoisotopic (exact) mass is 237 g/mol. The minimum absolute atomic E-state index is 0.357. The lowest BCUT2D eigenvalue weighted by molar-refractivity contribution is 0.100. The van der Waals surface area contributed by atoms with Crippen molar-refractivity contribution in [1.82, 2.24) is 5.32 Å². The third-order valence-corrected chi connectivity index (χ3v) is 2.08. The highest BCUT2D eigenvalue weighted by molar-refractivity contribution is 5.94. The number of nitrogens with one attached hydrogen (secondary N) is 2. The highest BCUT2D eigenvalue weighted by Crippen LogP contribution is 2.19. The second-order valence-electron chi connectivity index (χ2n) is 3.38. The molecule has 7 nitrogen and oxygen atoms in total. The Hall–Kier alpha value is -2.44. The number of nitrogens with two attached hydrogens (primary N) is 3. The van der Waals surface area contributed by atoms with Crippen LogP contribution in [0.2, 0.25) is 0 Å². The van der Waals surface area contributed by atoms with E-state index in [1.165, 1.54) is 0 Å². The Labute approximate surface area is 98.3 Å². The summed E-state index contributed by atoms with van der Waals surface area (Å²) < 4.78 is 0. The summed E-state index contributed by atoms with van der Waals surface area (Å²) in [4.78, 5) is 21.4. The molecule has 0 aliphatic carbocycles. The highest BCUT2D eigenvalue weighted by atomic mass is 16.2. The van der Waals surface area contributed by atoms with Crippen LogP contribution in [-0.4, -0.2) is 25.0 Å². The van der Waals surface area contributed by atoms with Gasteiger partial charge >= 0.3 is 6.03 Å². The fourth-order valence-corrected chi connectivity index (χ4v) is 1.25. The van der Waals surface area contributed by atoms with Crippen LogP contribution in [0.25, 0.3) is 0 Å². The molecular formula is C10H15N5O2. The van der Waals surface area contributed by atoms with Crippen LogP contribution >= 0.6 is 0 Å². The predicted molar refractivity (Wildman–Crippen MR) is 65.4 cm³/mol. The molecule has 1 rings (SSSR count). The lowest BCUT2D eigenvalue weighted by Crippen LogP contribution is -2.33. The standard InChI is InChI=1S/C10H15N5O2/c11-7-2-1-6(9(12)16)5-8(7)14-3-4-15-10(13)17/h1-2,5,14H,3-4,11H2,(H2,12,16)(H3,13,15,17). The number of hydrogen-bond donors (Lipinski definition) is 5. The molecule has 7 heteroatoms. The summed E-state index contributed by atoms with van der Waals surface area (Å²) in [6, 6.07) is 4.10. The number of anilines is 2.